The average Bonchev–Trinajstić information content (AvgIpc) is 2.52. The number of carbonyl (C=O) groups is 1. The first-order valence-electron chi connectivity index (χ1n) is 7.86. The summed E-state index contributed by atoms with van der Waals surface area (Å²) >= 11 is 0. The quantitative estimate of drug-likeness (QED) is 0.832. The molecule has 1 aliphatic rings. The number of methoxy groups -OCH3 is 1. The molecule has 6 nitrogen and oxygen atoms in total. The first-order valence-corrected chi connectivity index (χ1v) is 9.75. The molecule has 1 amide bonds. The summed E-state index contributed by atoms with van der Waals surface area (Å²) in [4.78, 5) is 14.0. The van der Waals surface area contributed by atoms with Crippen LogP contribution in [0.3, 0.4) is 0 Å². The number of halogens is 1. The van der Waals surface area contributed by atoms with Crippen molar-refractivity contribution in [3.8, 4) is 5.75 Å². The van der Waals surface area contributed by atoms with Gasteiger partial charge in [-0.05, 0) is 37.0 Å². The van der Waals surface area contributed by atoms with Crippen molar-refractivity contribution in [1.29, 1.82) is 0 Å². The largest absolute Gasteiger partial charge is 0.494 e. The summed E-state index contributed by atoms with van der Waals surface area (Å²) in [6.45, 7) is 1.06. The highest BCUT2D eigenvalue weighted by molar-refractivity contribution is 7.88. The fourth-order valence-corrected chi connectivity index (χ4v) is 3.67. The number of hydrogen-bond acceptors (Lipinski definition) is 4. The number of benzene rings is 1. The van der Waals surface area contributed by atoms with Gasteiger partial charge in [0.25, 0.3) is 0 Å². The third-order valence-corrected chi connectivity index (χ3v) is 4.83. The highest BCUT2D eigenvalue weighted by atomic mass is 32.2. The Kier molecular flexibility index (Phi) is 6.17. The molecule has 134 valence electrons. The third kappa shape index (κ3) is 5.45. The van der Waals surface area contributed by atoms with E-state index < -0.39 is 15.8 Å². The molecule has 0 unspecified atom stereocenters. The van der Waals surface area contributed by atoms with E-state index in [1.807, 2.05) is 0 Å². The summed E-state index contributed by atoms with van der Waals surface area (Å²) in [6.07, 6.45) is 3.11. The van der Waals surface area contributed by atoms with Crippen molar-refractivity contribution < 1.29 is 22.3 Å². The second-order valence-corrected chi connectivity index (χ2v) is 7.79. The van der Waals surface area contributed by atoms with Crippen LogP contribution in [0, 0.1) is 5.82 Å². The molecular weight excluding hydrogens is 335 g/mol. The Balaban J connectivity index is 1.80. The second-order valence-electron chi connectivity index (χ2n) is 6.01. The van der Waals surface area contributed by atoms with Crippen LogP contribution in [0.2, 0.25) is 0 Å². The predicted molar refractivity (Wildman–Crippen MR) is 88.9 cm³/mol. The normalized spacial score (nSPS) is 16.2. The summed E-state index contributed by atoms with van der Waals surface area (Å²) in [7, 11) is -1.81. The number of aryl methyl sites for hydroxylation is 1. The molecule has 24 heavy (non-hydrogen) atoms. The lowest BCUT2D eigenvalue weighted by Crippen LogP contribution is -2.46. The fraction of sp³-hybridized carbons (Fsp3) is 0.562. The Morgan fingerprint density at radius 1 is 1.38 bits per heavy atom. The molecule has 1 aromatic carbocycles. The zero-order valence-corrected chi connectivity index (χ0v) is 14.7. The van der Waals surface area contributed by atoms with Gasteiger partial charge >= 0.3 is 0 Å². The van der Waals surface area contributed by atoms with E-state index in [1.54, 1.807) is 17.0 Å². The summed E-state index contributed by atoms with van der Waals surface area (Å²) in [5.74, 6) is -0.246. The summed E-state index contributed by atoms with van der Waals surface area (Å²) in [5, 5.41) is 0. The molecule has 0 aromatic heterocycles. The van der Waals surface area contributed by atoms with Crippen LogP contribution in [0.5, 0.6) is 5.75 Å². The van der Waals surface area contributed by atoms with E-state index in [2.05, 4.69) is 4.72 Å². The van der Waals surface area contributed by atoms with Gasteiger partial charge in [-0.25, -0.2) is 17.5 Å². The molecule has 1 N–H and O–H groups in total. The van der Waals surface area contributed by atoms with Crippen LogP contribution < -0.4 is 9.46 Å². The molecule has 1 aromatic rings. The van der Waals surface area contributed by atoms with Crippen LogP contribution in [-0.2, 0) is 21.2 Å². The fourth-order valence-electron chi connectivity index (χ4n) is 2.82. The maximum atomic E-state index is 13.6. The number of likely N-dealkylation sites (tertiary alicyclic amines) is 1. The Hall–Kier alpha value is -1.67. The van der Waals surface area contributed by atoms with Crippen molar-refractivity contribution in [1.82, 2.24) is 9.62 Å². The molecule has 1 saturated heterocycles. The lowest BCUT2D eigenvalue weighted by Gasteiger charge is -2.32. The van der Waals surface area contributed by atoms with Gasteiger partial charge in [0.2, 0.25) is 15.9 Å². The van der Waals surface area contributed by atoms with Gasteiger partial charge in [-0.3, -0.25) is 4.79 Å². The molecule has 1 fully saturated rings. The van der Waals surface area contributed by atoms with Crippen LogP contribution in [0.25, 0.3) is 0 Å². The van der Waals surface area contributed by atoms with Crippen molar-refractivity contribution in [2.45, 2.75) is 31.7 Å². The molecule has 0 bridgehead atoms. The van der Waals surface area contributed by atoms with Gasteiger partial charge < -0.3 is 9.64 Å². The number of sulfonamides is 1. The lowest BCUT2D eigenvalue weighted by atomic mass is 10.0. The Bertz CT molecular complexity index is 685. The van der Waals surface area contributed by atoms with Gasteiger partial charge in [-0.2, -0.15) is 0 Å². The van der Waals surface area contributed by atoms with Gasteiger partial charge in [-0.15, -0.1) is 0 Å². The van der Waals surface area contributed by atoms with Crippen LogP contribution in [0.15, 0.2) is 18.2 Å². The smallest absolute Gasteiger partial charge is 0.222 e. The van der Waals surface area contributed by atoms with E-state index in [9.17, 15) is 17.6 Å². The van der Waals surface area contributed by atoms with E-state index in [-0.39, 0.29) is 17.7 Å². The maximum Gasteiger partial charge on any atom is 0.222 e. The molecule has 1 heterocycles. The molecule has 0 atom stereocenters. The highest BCUT2D eigenvalue weighted by Gasteiger charge is 2.24. The average molecular weight is 358 g/mol. The Morgan fingerprint density at radius 2 is 2.04 bits per heavy atom. The number of piperidine rings is 1. The molecule has 2 rings (SSSR count). The number of nitrogens with zero attached hydrogens (tertiary/aromatic N) is 1. The van der Waals surface area contributed by atoms with Crippen LogP contribution in [0.4, 0.5) is 4.39 Å². The summed E-state index contributed by atoms with van der Waals surface area (Å²) < 4.78 is 43.5. The first kappa shape index (κ1) is 18.7. The summed E-state index contributed by atoms with van der Waals surface area (Å²) in [6, 6.07) is 4.57. The van der Waals surface area contributed by atoms with Crippen molar-refractivity contribution >= 4 is 15.9 Å². The van der Waals surface area contributed by atoms with Crippen LogP contribution >= 0.6 is 0 Å². The molecular formula is C16H23FN2O4S. The zero-order chi connectivity index (χ0) is 17.7. The van der Waals surface area contributed by atoms with E-state index in [4.69, 9.17) is 4.74 Å². The monoisotopic (exact) mass is 358 g/mol. The highest BCUT2D eigenvalue weighted by Crippen LogP contribution is 2.19. The van der Waals surface area contributed by atoms with Gasteiger partial charge in [-0.1, -0.05) is 6.07 Å². The van der Waals surface area contributed by atoms with Gasteiger partial charge in [0, 0.05) is 25.6 Å². The molecule has 1 aliphatic heterocycles. The second kappa shape index (κ2) is 7.94. The van der Waals surface area contributed by atoms with Crippen molar-refractivity contribution in [2.24, 2.45) is 0 Å². The van der Waals surface area contributed by atoms with Gasteiger partial charge in [0.15, 0.2) is 11.6 Å². The van der Waals surface area contributed by atoms with Crippen molar-refractivity contribution in [3.63, 3.8) is 0 Å². The standard InChI is InChI=1S/C16H23FN2O4S/c1-23-15-5-3-12(11-14(15)17)4-6-16(20)19-9-7-13(8-10-19)18-24(2,21)22/h3,5,11,13,18H,4,6-10H2,1-2H3. The van der Waals surface area contributed by atoms with Gasteiger partial charge in [0.1, 0.15) is 0 Å². The van der Waals surface area contributed by atoms with E-state index in [0.29, 0.717) is 38.8 Å². The summed E-state index contributed by atoms with van der Waals surface area (Å²) in [5.41, 5.74) is 0.746. The number of carbonyl (C=O) groups excluding carboxylic acids is 1. The minimum atomic E-state index is -3.22. The molecule has 0 spiro atoms. The number of hydrogen-bond donors (Lipinski definition) is 1. The van der Waals surface area contributed by atoms with Crippen molar-refractivity contribution in [3.05, 3.63) is 29.6 Å². The zero-order valence-electron chi connectivity index (χ0n) is 13.9. The molecule has 0 radical (unpaired) electrons. The topological polar surface area (TPSA) is 75.7 Å². The minimum Gasteiger partial charge on any atom is -0.494 e. The number of amides is 1. The molecule has 8 heteroatoms. The molecule has 0 aliphatic carbocycles. The van der Waals surface area contributed by atoms with Crippen LogP contribution in [-0.4, -0.2) is 51.7 Å². The minimum absolute atomic E-state index is 0.00373. The number of nitrogens with one attached hydrogen (secondary N) is 1. The number of rotatable bonds is 6. The first-order chi connectivity index (χ1) is 11.3. The Morgan fingerprint density at radius 3 is 2.58 bits per heavy atom. The van der Waals surface area contributed by atoms with Crippen molar-refractivity contribution in [2.75, 3.05) is 26.5 Å². The molecule has 0 saturated carbocycles. The SMILES string of the molecule is COc1ccc(CCC(=O)N2CCC(NS(C)(=O)=O)CC2)cc1F. The Labute approximate surface area is 142 Å². The number of ether oxygens (including phenoxy) is 1. The van der Waals surface area contributed by atoms with E-state index in [0.717, 1.165) is 11.8 Å². The van der Waals surface area contributed by atoms with E-state index >= 15 is 0 Å². The predicted octanol–water partition coefficient (Wildman–Crippen LogP) is 1.31. The van der Waals surface area contributed by atoms with Gasteiger partial charge in [0.05, 0.1) is 13.4 Å². The maximum absolute atomic E-state index is 13.6. The lowest BCUT2D eigenvalue weighted by molar-refractivity contribution is -0.132. The van der Waals surface area contributed by atoms with Crippen LogP contribution in [0.1, 0.15) is 24.8 Å². The third-order valence-electron chi connectivity index (χ3n) is 4.07. The van der Waals surface area contributed by atoms with E-state index in [1.165, 1.54) is 13.2 Å².